The number of amides is 1. The van der Waals surface area contributed by atoms with Crippen LogP contribution in [-0.4, -0.2) is 55.4 Å². The van der Waals surface area contributed by atoms with Gasteiger partial charge in [-0.05, 0) is 31.7 Å². The number of rotatable bonds is 6. The highest BCUT2D eigenvalue weighted by atomic mass is 16.5. The summed E-state index contributed by atoms with van der Waals surface area (Å²) in [6.45, 7) is 6.24. The van der Waals surface area contributed by atoms with Crippen LogP contribution in [0.1, 0.15) is 38.2 Å². The van der Waals surface area contributed by atoms with Gasteiger partial charge in [-0.2, -0.15) is 0 Å². The minimum Gasteiger partial charge on any atom is -0.378 e. The Hall–Kier alpha value is -1.43. The first kappa shape index (κ1) is 18.4. The van der Waals surface area contributed by atoms with Crippen LogP contribution in [0.4, 0.5) is 0 Å². The molecule has 2 aliphatic rings. The Bertz CT molecular complexity index is 531. The van der Waals surface area contributed by atoms with Gasteiger partial charge >= 0.3 is 0 Å². The zero-order valence-electron chi connectivity index (χ0n) is 15.2. The highest BCUT2D eigenvalue weighted by molar-refractivity contribution is 5.76. The minimum atomic E-state index is 0.00895. The maximum atomic E-state index is 12.3. The number of carbonyl (C=O) groups is 1. The average molecular weight is 346 g/mol. The number of carbonyl (C=O) groups excluding carboxylic acids is 1. The van der Waals surface area contributed by atoms with Crippen LogP contribution in [0, 0.1) is 0 Å². The molecule has 1 N–H and O–H groups in total. The zero-order chi connectivity index (χ0) is 17.5. The Kier molecular flexibility index (Phi) is 6.84. The predicted molar refractivity (Wildman–Crippen MR) is 97.3 cm³/mol. The predicted octanol–water partition coefficient (Wildman–Crippen LogP) is 2.35. The number of hydrogen-bond donors (Lipinski definition) is 1. The van der Waals surface area contributed by atoms with E-state index in [-0.39, 0.29) is 24.2 Å². The molecule has 0 aliphatic carbocycles. The molecule has 2 heterocycles. The maximum Gasteiger partial charge on any atom is 0.222 e. The molecule has 3 rings (SSSR count). The Morgan fingerprint density at radius 2 is 2.08 bits per heavy atom. The van der Waals surface area contributed by atoms with Gasteiger partial charge in [-0.3, -0.25) is 9.69 Å². The van der Waals surface area contributed by atoms with Gasteiger partial charge in [0.2, 0.25) is 5.91 Å². The van der Waals surface area contributed by atoms with E-state index >= 15 is 0 Å². The van der Waals surface area contributed by atoms with Crippen LogP contribution < -0.4 is 5.32 Å². The lowest BCUT2D eigenvalue weighted by atomic mass is 10.1. The van der Waals surface area contributed by atoms with Crippen LogP contribution in [0.2, 0.25) is 0 Å². The van der Waals surface area contributed by atoms with E-state index in [1.165, 1.54) is 5.56 Å². The summed E-state index contributed by atoms with van der Waals surface area (Å²) in [7, 11) is 0. The topological polar surface area (TPSA) is 50.8 Å². The number of nitrogens with zero attached hydrogens (tertiary/aromatic N) is 1. The maximum absolute atomic E-state index is 12.3. The fourth-order valence-electron chi connectivity index (χ4n) is 3.60. The van der Waals surface area contributed by atoms with Crippen molar-refractivity contribution in [3.05, 3.63) is 35.9 Å². The average Bonchev–Trinajstić information content (AvgIpc) is 2.63. The van der Waals surface area contributed by atoms with Crippen molar-refractivity contribution < 1.29 is 14.3 Å². The van der Waals surface area contributed by atoms with E-state index in [4.69, 9.17) is 9.47 Å². The highest BCUT2D eigenvalue weighted by Gasteiger charge is 2.27. The molecule has 0 spiro atoms. The molecule has 0 radical (unpaired) electrons. The second-order valence-corrected chi connectivity index (χ2v) is 7.18. The molecule has 0 saturated carbocycles. The monoisotopic (exact) mass is 346 g/mol. The lowest BCUT2D eigenvalue weighted by Crippen LogP contribution is -2.52. The van der Waals surface area contributed by atoms with Gasteiger partial charge in [0.25, 0.3) is 0 Å². The van der Waals surface area contributed by atoms with Crippen molar-refractivity contribution in [3.63, 3.8) is 0 Å². The summed E-state index contributed by atoms with van der Waals surface area (Å²) in [6, 6.07) is 10.5. The summed E-state index contributed by atoms with van der Waals surface area (Å²) in [5.41, 5.74) is 1.31. The third kappa shape index (κ3) is 5.80. The Labute approximate surface area is 150 Å². The molecule has 1 amide bonds. The summed E-state index contributed by atoms with van der Waals surface area (Å²) >= 11 is 0. The lowest BCUT2D eigenvalue weighted by molar-refractivity contribution is -0.127. The van der Waals surface area contributed by atoms with Gasteiger partial charge < -0.3 is 14.8 Å². The fourth-order valence-corrected chi connectivity index (χ4v) is 3.60. The first-order chi connectivity index (χ1) is 12.2. The molecule has 1 aromatic rings. The van der Waals surface area contributed by atoms with Crippen molar-refractivity contribution in [1.82, 2.24) is 10.2 Å². The molecule has 0 aromatic heterocycles. The Balaban J connectivity index is 1.44. The van der Waals surface area contributed by atoms with Gasteiger partial charge in [-0.25, -0.2) is 0 Å². The van der Waals surface area contributed by atoms with Gasteiger partial charge in [0, 0.05) is 26.2 Å². The van der Waals surface area contributed by atoms with E-state index < -0.39 is 0 Å². The molecule has 5 nitrogen and oxygen atoms in total. The number of morpholine rings is 1. The van der Waals surface area contributed by atoms with E-state index in [1.54, 1.807) is 0 Å². The molecular formula is C20H30N2O3. The molecule has 2 saturated heterocycles. The minimum absolute atomic E-state index is 0.00895. The standard InChI is InChI=1S/C20H30N2O3/c1-16(21-20(23)13-18-9-5-6-11-24-18)19-15-22(10-12-25-19)14-17-7-3-2-4-8-17/h2-4,7-8,16,18-19H,5-6,9-15H2,1H3,(H,21,23)/t16-,18-,19-/m0/s1. The van der Waals surface area contributed by atoms with Crippen LogP contribution in [0.3, 0.4) is 0 Å². The summed E-state index contributed by atoms with van der Waals surface area (Å²) in [5.74, 6) is 0.0724. The summed E-state index contributed by atoms with van der Waals surface area (Å²) in [4.78, 5) is 14.7. The molecule has 0 unspecified atom stereocenters. The number of ether oxygens (including phenoxy) is 2. The normalized spacial score (nSPS) is 26.1. The van der Waals surface area contributed by atoms with Crippen molar-refractivity contribution in [3.8, 4) is 0 Å². The van der Waals surface area contributed by atoms with Gasteiger partial charge in [-0.15, -0.1) is 0 Å². The van der Waals surface area contributed by atoms with Gasteiger partial charge in [0.15, 0.2) is 0 Å². The molecule has 2 fully saturated rings. The number of benzene rings is 1. The van der Waals surface area contributed by atoms with E-state index in [0.29, 0.717) is 13.0 Å². The van der Waals surface area contributed by atoms with Gasteiger partial charge in [0.05, 0.1) is 31.3 Å². The van der Waals surface area contributed by atoms with E-state index in [2.05, 4.69) is 34.5 Å². The third-order valence-electron chi connectivity index (χ3n) is 5.06. The first-order valence-electron chi connectivity index (χ1n) is 9.49. The van der Waals surface area contributed by atoms with Crippen LogP contribution >= 0.6 is 0 Å². The van der Waals surface area contributed by atoms with Crippen LogP contribution in [0.15, 0.2) is 30.3 Å². The molecular weight excluding hydrogens is 316 g/mol. The van der Waals surface area contributed by atoms with Gasteiger partial charge in [-0.1, -0.05) is 30.3 Å². The highest BCUT2D eigenvalue weighted by Crippen LogP contribution is 2.16. The molecule has 3 atom stereocenters. The summed E-state index contributed by atoms with van der Waals surface area (Å²) in [5, 5.41) is 3.11. The fraction of sp³-hybridized carbons (Fsp3) is 0.650. The van der Waals surface area contributed by atoms with E-state index in [0.717, 1.165) is 45.5 Å². The zero-order valence-corrected chi connectivity index (χ0v) is 15.2. The second kappa shape index (κ2) is 9.32. The van der Waals surface area contributed by atoms with Gasteiger partial charge in [0.1, 0.15) is 0 Å². The first-order valence-corrected chi connectivity index (χ1v) is 9.49. The van der Waals surface area contributed by atoms with Crippen LogP contribution in [-0.2, 0) is 20.8 Å². The molecule has 138 valence electrons. The van der Waals surface area contributed by atoms with Crippen molar-refractivity contribution >= 4 is 5.91 Å². The second-order valence-electron chi connectivity index (χ2n) is 7.18. The molecule has 25 heavy (non-hydrogen) atoms. The summed E-state index contributed by atoms with van der Waals surface area (Å²) in [6.07, 6.45) is 3.85. The lowest BCUT2D eigenvalue weighted by Gasteiger charge is -2.36. The molecule has 1 aromatic carbocycles. The quantitative estimate of drug-likeness (QED) is 0.859. The summed E-state index contributed by atoms with van der Waals surface area (Å²) < 4.78 is 11.6. The van der Waals surface area contributed by atoms with E-state index in [9.17, 15) is 4.79 Å². The largest absolute Gasteiger partial charge is 0.378 e. The van der Waals surface area contributed by atoms with Crippen molar-refractivity contribution in [2.45, 2.75) is 57.4 Å². The molecule has 0 bridgehead atoms. The third-order valence-corrected chi connectivity index (χ3v) is 5.06. The van der Waals surface area contributed by atoms with Crippen molar-refractivity contribution in [2.24, 2.45) is 0 Å². The van der Waals surface area contributed by atoms with Crippen molar-refractivity contribution in [1.29, 1.82) is 0 Å². The van der Waals surface area contributed by atoms with Crippen LogP contribution in [0.25, 0.3) is 0 Å². The van der Waals surface area contributed by atoms with E-state index in [1.807, 2.05) is 13.0 Å². The number of hydrogen-bond acceptors (Lipinski definition) is 4. The SMILES string of the molecule is C[C@H](NC(=O)C[C@@H]1CCCCO1)[C@@H]1CN(Cc2ccccc2)CCO1. The smallest absolute Gasteiger partial charge is 0.222 e. The Morgan fingerprint density at radius 3 is 2.84 bits per heavy atom. The number of nitrogens with one attached hydrogen (secondary N) is 1. The van der Waals surface area contributed by atoms with Crippen LogP contribution in [0.5, 0.6) is 0 Å². The molecule has 5 heteroatoms. The molecule has 2 aliphatic heterocycles. The Morgan fingerprint density at radius 1 is 1.24 bits per heavy atom. The van der Waals surface area contributed by atoms with Crippen molar-refractivity contribution in [2.75, 3.05) is 26.3 Å².